The van der Waals surface area contributed by atoms with Crippen molar-refractivity contribution in [3.63, 3.8) is 0 Å². The minimum absolute atomic E-state index is 0.123. The molecule has 0 aromatic heterocycles. The maximum absolute atomic E-state index is 11.8. The van der Waals surface area contributed by atoms with Crippen molar-refractivity contribution in [2.75, 3.05) is 0 Å². The van der Waals surface area contributed by atoms with Gasteiger partial charge in [0.2, 0.25) is 0 Å². The quantitative estimate of drug-likeness (QED) is 0.663. The fourth-order valence-corrected chi connectivity index (χ4v) is 2.52. The van der Waals surface area contributed by atoms with Crippen LogP contribution in [0.1, 0.15) is 31.2 Å². The predicted octanol–water partition coefficient (Wildman–Crippen LogP) is 1.63. The third kappa shape index (κ3) is 4.66. The largest absolute Gasteiger partial charge is 0.508 e. The van der Waals surface area contributed by atoms with E-state index in [4.69, 9.17) is 0 Å². The Morgan fingerprint density at radius 1 is 1.19 bits per heavy atom. The highest BCUT2D eigenvalue weighted by Crippen LogP contribution is 2.17. The Kier molecular flexibility index (Phi) is 5.03. The van der Waals surface area contributed by atoms with Crippen LogP contribution in [-0.4, -0.2) is 34.3 Å². The number of hydrogen-bond donors (Lipinski definition) is 4. The molecule has 1 aliphatic rings. The van der Waals surface area contributed by atoms with Crippen molar-refractivity contribution in [1.29, 1.82) is 0 Å². The number of carboxylic acid groups (broad SMARTS) is 1. The van der Waals surface area contributed by atoms with Gasteiger partial charge in [0.1, 0.15) is 11.8 Å². The average molecular weight is 292 g/mol. The van der Waals surface area contributed by atoms with Crippen LogP contribution in [0.2, 0.25) is 0 Å². The van der Waals surface area contributed by atoms with Crippen molar-refractivity contribution in [3.05, 3.63) is 29.8 Å². The number of phenolic OH excluding ortho intramolecular Hbond substituents is 1. The van der Waals surface area contributed by atoms with Gasteiger partial charge in [0.05, 0.1) is 0 Å². The molecule has 114 valence electrons. The summed E-state index contributed by atoms with van der Waals surface area (Å²) in [6, 6.07) is 4.99. The SMILES string of the molecule is O=C(NC1CCCC1)N[C@H](Cc1ccc(O)cc1)C(=O)O. The predicted molar refractivity (Wildman–Crippen MR) is 77.2 cm³/mol. The van der Waals surface area contributed by atoms with E-state index in [9.17, 15) is 19.8 Å². The van der Waals surface area contributed by atoms with Gasteiger partial charge in [0.25, 0.3) is 0 Å². The summed E-state index contributed by atoms with van der Waals surface area (Å²) in [6.07, 6.45) is 4.27. The van der Waals surface area contributed by atoms with E-state index in [1.807, 2.05) is 0 Å². The van der Waals surface area contributed by atoms with Crippen molar-refractivity contribution >= 4 is 12.0 Å². The molecule has 1 aromatic carbocycles. The molecule has 6 heteroatoms. The van der Waals surface area contributed by atoms with Crippen molar-refractivity contribution in [3.8, 4) is 5.75 Å². The Morgan fingerprint density at radius 2 is 1.81 bits per heavy atom. The smallest absolute Gasteiger partial charge is 0.326 e. The van der Waals surface area contributed by atoms with Gasteiger partial charge in [-0.05, 0) is 30.5 Å². The molecule has 0 spiro atoms. The van der Waals surface area contributed by atoms with E-state index < -0.39 is 18.0 Å². The van der Waals surface area contributed by atoms with E-state index in [1.54, 1.807) is 12.1 Å². The molecule has 2 amide bonds. The first-order chi connectivity index (χ1) is 10.0. The molecule has 0 saturated heterocycles. The number of rotatable bonds is 5. The number of carbonyl (C=O) groups is 2. The maximum atomic E-state index is 11.8. The summed E-state index contributed by atoms with van der Waals surface area (Å²) in [6.45, 7) is 0. The average Bonchev–Trinajstić information content (AvgIpc) is 2.93. The number of aromatic hydroxyl groups is 1. The van der Waals surface area contributed by atoms with Crippen LogP contribution >= 0.6 is 0 Å². The molecular formula is C15H20N2O4. The second-order valence-electron chi connectivity index (χ2n) is 5.36. The lowest BCUT2D eigenvalue weighted by Crippen LogP contribution is -2.49. The third-order valence-corrected chi connectivity index (χ3v) is 3.67. The molecule has 21 heavy (non-hydrogen) atoms. The highest BCUT2D eigenvalue weighted by molar-refractivity contribution is 5.82. The van der Waals surface area contributed by atoms with Gasteiger partial charge in [-0.25, -0.2) is 9.59 Å². The van der Waals surface area contributed by atoms with E-state index in [0.29, 0.717) is 0 Å². The summed E-state index contributed by atoms with van der Waals surface area (Å²) < 4.78 is 0. The van der Waals surface area contributed by atoms with Gasteiger partial charge < -0.3 is 20.8 Å². The standard InChI is InChI=1S/C15H20N2O4/c18-12-7-5-10(6-8-12)9-13(14(19)20)17-15(21)16-11-3-1-2-4-11/h5-8,11,13,18H,1-4,9H2,(H,19,20)(H2,16,17,21)/t13-/m1/s1. The van der Waals surface area contributed by atoms with E-state index in [-0.39, 0.29) is 18.2 Å². The molecule has 1 fully saturated rings. The number of amides is 2. The molecule has 1 aliphatic carbocycles. The minimum atomic E-state index is -1.08. The van der Waals surface area contributed by atoms with Gasteiger partial charge in [0.15, 0.2) is 0 Å². The normalized spacial score (nSPS) is 16.4. The molecule has 0 bridgehead atoms. The summed E-state index contributed by atoms with van der Waals surface area (Å²) in [5, 5.41) is 23.7. The van der Waals surface area contributed by atoms with Gasteiger partial charge in [-0.2, -0.15) is 0 Å². The van der Waals surface area contributed by atoms with Gasteiger partial charge in [0, 0.05) is 12.5 Å². The Balaban J connectivity index is 1.90. The molecule has 2 rings (SSSR count). The summed E-state index contributed by atoms with van der Waals surface area (Å²) in [5.41, 5.74) is 0.737. The van der Waals surface area contributed by atoms with Crippen molar-refractivity contribution in [2.45, 2.75) is 44.2 Å². The maximum Gasteiger partial charge on any atom is 0.326 e. The summed E-state index contributed by atoms with van der Waals surface area (Å²) in [5.74, 6) is -0.956. The lowest BCUT2D eigenvalue weighted by molar-refractivity contribution is -0.139. The van der Waals surface area contributed by atoms with Crippen LogP contribution < -0.4 is 10.6 Å². The lowest BCUT2D eigenvalue weighted by Gasteiger charge is -2.18. The first-order valence-electron chi connectivity index (χ1n) is 7.12. The van der Waals surface area contributed by atoms with Crippen molar-refractivity contribution in [2.24, 2.45) is 0 Å². The summed E-state index contributed by atoms with van der Waals surface area (Å²) >= 11 is 0. The van der Waals surface area contributed by atoms with Gasteiger partial charge in [-0.3, -0.25) is 0 Å². The first-order valence-corrected chi connectivity index (χ1v) is 7.12. The summed E-state index contributed by atoms with van der Waals surface area (Å²) in [4.78, 5) is 23.1. The Hall–Kier alpha value is -2.24. The number of urea groups is 1. The Labute approximate surface area is 123 Å². The Morgan fingerprint density at radius 3 is 2.38 bits per heavy atom. The molecule has 1 aromatic rings. The van der Waals surface area contributed by atoms with E-state index in [0.717, 1.165) is 31.2 Å². The molecule has 6 nitrogen and oxygen atoms in total. The van der Waals surface area contributed by atoms with Gasteiger partial charge in [-0.1, -0.05) is 25.0 Å². The molecule has 1 saturated carbocycles. The lowest BCUT2D eigenvalue weighted by atomic mass is 10.1. The molecule has 1 atom stereocenters. The minimum Gasteiger partial charge on any atom is -0.508 e. The number of carboxylic acids is 1. The van der Waals surface area contributed by atoms with Crippen LogP contribution in [-0.2, 0) is 11.2 Å². The second-order valence-corrected chi connectivity index (χ2v) is 5.36. The van der Waals surface area contributed by atoms with Crippen LogP contribution in [0.15, 0.2) is 24.3 Å². The second kappa shape index (κ2) is 6.97. The number of aliphatic carboxylic acids is 1. The summed E-state index contributed by atoms with van der Waals surface area (Å²) in [7, 11) is 0. The Bertz CT molecular complexity index is 495. The van der Waals surface area contributed by atoms with Crippen molar-refractivity contribution in [1.82, 2.24) is 10.6 Å². The van der Waals surface area contributed by atoms with Gasteiger partial charge >= 0.3 is 12.0 Å². The van der Waals surface area contributed by atoms with Gasteiger partial charge in [-0.15, -0.1) is 0 Å². The number of phenols is 1. The number of benzene rings is 1. The molecule has 0 radical (unpaired) electrons. The number of nitrogens with one attached hydrogen (secondary N) is 2. The molecule has 4 N–H and O–H groups in total. The topological polar surface area (TPSA) is 98.7 Å². The molecular weight excluding hydrogens is 272 g/mol. The fraction of sp³-hybridized carbons (Fsp3) is 0.467. The van der Waals surface area contributed by atoms with Crippen LogP contribution in [0.3, 0.4) is 0 Å². The highest BCUT2D eigenvalue weighted by Gasteiger charge is 2.23. The first kappa shape index (κ1) is 15.2. The van der Waals surface area contributed by atoms with Crippen molar-refractivity contribution < 1.29 is 19.8 Å². The van der Waals surface area contributed by atoms with E-state index in [1.165, 1.54) is 12.1 Å². The monoisotopic (exact) mass is 292 g/mol. The van der Waals surface area contributed by atoms with E-state index in [2.05, 4.69) is 10.6 Å². The fourth-order valence-electron chi connectivity index (χ4n) is 2.52. The van der Waals surface area contributed by atoms with Crippen LogP contribution in [0.25, 0.3) is 0 Å². The molecule has 0 unspecified atom stereocenters. The van der Waals surface area contributed by atoms with E-state index >= 15 is 0 Å². The molecule has 0 aliphatic heterocycles. The zero-order valence-electron chi connectivity index (χ0n) is 11.7. The van der Waals surface area contributed by atoms with Crippen LogP contribution in [0.4, 0.5) is 4.79 Å². The molecule has 0 heterocycles. The third-order valence-electron chi connectivity index (χ3n) is 3.67. The zero-order valence-corrected chi connectivity index (χ0v) is 11.7. The number of hydrogen-bond acceptors (Lipinski definition) is 3. The number of carbonyl (C=O) groups excluding carboxylic acids is 1. The highest BCUT2D eigenvalue weighted by atomic mass is 16.4. The van der Waals surface area contributed by atoms with Crippen LogP contribution in [0.5, 0.6) is 5.75 Å². The zero-order chi connectivity index (χ0) is 15.2. The van der Waals surface area contributed by atoms with Crippen LogP contribution in [0, 0.1) is 0 Å².